The molecule has 1 aromatic rings. The van der Waals surface area contributed by atoms with Gasteiger partial charge in [0.05, 0.1) is 12.5 Å². The summed E-state index contributed by atoms with van der Waals surface area (Å²) in [4.78, 5) is 10.3. The van der Waals surface area contributed by atoms with Crippen LogP contribution in [-0.2, 0) is 4.79 Å². The molecule has 15 heavy (non-hydrogen) atoms. The van der Waals surface area contributed by atoms with Crippen LogP contribution in [0.3, 0.4) is 0 Å². The van der Waals surface area contributed by atoms with Crippen molar-refractivity contribution in [1.29, 1.82) is 0 Å². The van der Waals surface area contributed by atoms with Gasteiger partial charge in [0.1, 0.15) is 0 Å². The van der Waals surface area contributed by atoms with Gasteiger partial charge >= 0.3 is 5.97 Å². The largest absolute Gasteiger partial charge is 0.481 e. The van der Waals surface area contributed by atoms with E-state index in [0.29, 0.717) is 0 Å². The zero-order chi connectivity index (χ0) is 11.3. The van der Waals surface area contributed by atoms with Gasteiger partial charge in [0, 0.05) is 15.8 Å². The molecule has 0 saturated heterocycles. The molecule has 1 aromatic carbocycles. The Morgan fingerprint density at radius 1 is 1.47 bits per heavy atom. The molecule has 4 nitrogen and oxygen atoms in total. The Morgan fingerprint density at radius 3 is 2.73 bits per heavy atom. The molecule has 0 saturated carbocycles. The van der Waals surface area contributed by atoms with Gasteiger partial charge in [-0.05, 0) is 34.7 Å². The summed E-state index contributed by atoms with van der Waals surface area (Å²) in [6, 6.07) is 7.62. The van der Waals surface area contributed by atoms with Crippen LogP contribution in [-0.4, -0.2) is 28.8 Å². The number of para-hydroxylation sites is 1. The van der Waals surface area contributed by atoms with Crippen LogP contribution < -0.4 is 5.32 Å². The summed E-state index contributed by atoms with van der Waals surface area (Å²) in [5.41, 5.74) is 0.905. The fourth-order valence-electron chi connectivity index (χ4n) is 1.11. The summed E-state index contributed by atoms with van der Waals surface area (Å²) in [7, 11) is 0. The number of carboxylic acid groups (broad SMARTS) is 1. The van der Waals surface area contributed by atoms with Crippen LogP contribution in [0.2, 0.25) is 0 Å². The molecular formula is C10H12INO3. The number of aliphatic hydroxyl groups is 1. The van der Waals surface area contributed by atoms with Crippen LogP contribution in [0.15, 0.2) is 24.3 Å². The Balaban J connectivity index is 2.43. The fraction of sp³-hybridized carbons (Fsp3) is 0.300. The molecule has 0 fully saturated rings. The van der Waals surface area contributed by atoms with E-state index in [2.05, 4.69) is 27.9 Å². The molecular weight excluding hydrogens is 309 g/mol. The second-order valence-electron chi connectivity index (χ2n) is 3.11. The zero-order valence-electron chi connectivity index (χ0n) is 7.98. The summed E-state index contributed by atoms with van der Waals surface area (Å²) in [5, 5.41) is 20.8. The molecule has 1 atom stereocenters. The van der Waals surface area contributed by atoms with E-state index < -0.39 is 12.1 Å². The highest BCUT2D eigenvalue weighted by Gasteiger charge is 2.09. The molecule has 0 spiro atoms. The Bertz CT molecular complexity index is 343. The highest BCUT2D eigenvalue weighted by molar-refractivity contribution is 14.1. The van der Waals surface area contributed by atoms with E-state index in [9.17, 15) is 9.90 Å². The summed E-state index contributed by atoms with van der Waals surface area (Å²) in [6.07, 6.45) is -1.10. The van der Waals surface area contributed by atoms with Gasteiger partial charge in [0.15, 0.2) is 0 Å². The predicted octanol–water partition coefficient (Wildman–Crippen LogP) is 1.54. The number of aliphatic hydroxyl groups excluding tert-OH is 1. The first-order chi connectivity index (χ1) is 7.09. The minimum atomic E-state index is -0.993. The predicted molar refractivity (Wildman–Crippen MR) is 65.9 cm³/mol. The van der Waals surface area contributed by atoms with Gasteiger partial charge in [-0.25, -0.2) is 0 Å². The van der Waals surface area contributed by atoms with Gasteiger partial charge < -0.3 is 15.5 Å². The Hall–Kier alpha value is -0.820. The van der Waals surface area contributed by atoms with Crippen molar-refractivity contribution < 1.29 is 15.0 Å². The van der Waals surface area contributed by atoms with Crippen molar-refractivity contribution in [3.63, 3.8) is 0 Å². The van der Waals surface area contributed by atoms with E-state index >= 15 is 0 Å². The quantitative estimate of drug-likeness (QED) is 0.720. The van der Waals surface area contributed by atoms with E-state index in [-0.39, 0.29) is 13.0 Å². The molecule has 5 heteroatoms. The van der Waals surface area contributed by atoms with Gasteiger partial charge in [-0.15, -0.1) is 0 Å². The van der Waals surface area contributed by atoms with Gasteiger partial charge in [-0.3, -0.25) is 4.79 Å². The van der Waals surface area contributed by atoms with Crippen LogP contribution in [0.25, 0.3) is 0 Å². The second kappa shape index (κ2) is 5.92. The zero-order valence-corrected chi connectivity index (χ0v) is 10.1. The second-order valence-corrected chi connectivity index (χ2v) is 4.27. The Labute approximate surface area is 101 Å². The molecule has 0 amide bonds. The average Bonchev–Trinajstić information content (AvgIpc) is 2.15. The number of carbonyl (C=O) groups is 1. The van der Waals surface area contributed by atoms with Gasteiger partial charge in [0.2, 0.25) is 0 Å². The van der Waals surface area contributed by atoms with Crippen LogP contribution in [0.5, 0.6) is 0 Å². The molecule has 1 unspecified atom stereocenters. The number of aliphatic carboxylic acids is 1. The average molecular weight is 321 g/mol. The van der Waals surface area contributed by atoms with Gasteiger partial charge in [0.25, 0.3) is 0 Å². The van der Waals surface area contributed by atoms with E-state index in [4.69, 9.17) is 5.11 Å². The Morgan fingerprint density at radius 2 is 2.13 bits per heavy atom. The van der Waals surface area contributed by atoms with Crippen LogP contribution >= 0.6 is 22.6 Å². The molecule has 0 aliphatic heterocycles. The lowest BCUT2D eigenvalue weighted by molar-refractivity contribution is -0.138. The molecule has 0 aromatic heterocycles. The van der Waals surface area contributed by atoms with Crippen molar-refractivity contribution in [2.75, 3.05) is 11.9 Å². The number of anilines is 1. The van der Waals surface area contributed by atoms with Crippen LogP contribution in [0.1, 0.15) is 6.42 Å². The standard InChI is InChI=1S/C10H12INO3/c11-8-3-1-2-4-9(8)12-6-7(13)5-10(14)15/h1-4,7,12-13H,5-6H2,(H,14,15). The molecule has 82 valence electrons. The van der Waals surface area contributed by atoms with Crippen molar-refractivity contribution in [2.45, 2.75) is 12.5 Å². The van der Waals surface area contributed by atoms with Crippen LogP contribution in [0.4, 0.5) is 5.69 Å². The highest BCUT2D eigenvalue weighted by Crippen LogP contribution is 2.16. The SMILES string of the molecule is O=C(O)CC(O)CNc1ccccc1I. The first-order valence-corrected chi connectivity index (χ1v) is 5.55. The number of carboxylic acids is 1. The third kappa shape index (κ3) is 4.48. The number of halogens is 1. The number of rotatable bonds is 5. The molecule has 3 N–H and O–H groups in total. The lowest BCUT2D eigenvalue weighted by Gasteiger charge is -2.11. The van der Waals surface area contributed by atoms with Crippen molar-refractivity contribution in [1.82, 2.24) is 0 Å². The van der Waals surface area contributed by atoms with Crippen molar-refractivity contribution in [3.05, 3.63) is 27.8 Å². The molecule has 0 radical (unpaired) electrons. The lowest BCUT2D eigenvalue weighted by Crippen LogP contribution is -2.22. The maximum Gasteiger partial charge on any atom is 0.306 e. The van der Waals surface area contributed by atoms with Gasteiger partial charge in [-0.2, -0.15) is 0 Å². The van der Waals surface area contributed by atoms with Crippen molar-refractivity contribution >= 4 is 34.2 Å². The molecule has 0 bridgehead atoms. The van der Waals surface area contributed by atoms with E-state index in [1.54, 1.807) is 0 Å². The summed E-state index contributed by atoms with van der Waals surface area (Å²) in [5.74, 6) is -0.993. The van der Waals surface area contributed by atoms with Crippen molar-refractivity contribution in [2.24, 2.45) is 0 Å². The number of nitrogens with one attached hydrogen (secondary N) is 1. The number of hydrogen-bond donors (Lipinski definition) is 3. The number of benzene rings is 1. The number of hydrogen-bond acceptors (Lipinski definition) is 3. The van der Waals surface area contributed by atoms with E-state index in [1.165, 1.54) is 0 Å². The molecule has 0 aliphatic carbocycles. The molecule has 0 heterocycles. The van der Waals surface area contributed by atoms with E-state index in [0.717, 1.165) is 9.26 Å². The maximum absolute atomic E-state index is 10.3. The first kappa shape index (κ1) is 12.3. The lowest BCUT2D eigenvalue weighted by atomic mass is 10.2. The minimum absolute atomic E-state index is 0.240. The van der Waals surface area contributed by atoms with E-state index in [1.807, 2.05) is 24.3 Å². The highest BCUT2D eigenvalue weighted by atomic mass is 127. The fourth-order valence-corrected chi connectivity index (χ4v) is 1.68. The summed E-state index contributed by atoms with van der Waals surface area (Å²) in [6.45, 7) is 0.242. The molecule has 0 aliphatic rings. The monoisotopic (exact) mass is 321 g/mol. The summed E-state index contributed by atoms with van der Waals surface area (Å²) >= 11 is 2.17. The maximum atomic E-state index is 10.3. The molecule has 1 rings (SSSR count). The van der Waals surface area contributed by atoms with Crippen molar-refractivity contribution in [3.8, 4) is 0 Å². The van der Waals surface area contributed by atoms with Crippen LogP contribution in [0, 0.1) is 3.57 Å². The topological polar surface area (TPSA) is 69.6 Å². The third-order valence-electron chi connectivity index (χ3n) is 1.81. The Kier molecular flexibility index (Phi) is 4.83. The van der Waals surface area contributed by atoms with Gasteiger partial charge in [-0.1, -0.05) is 12.1 Å². The smallest absolute Gasteiger partial charge is 0.306 e. The third-order valence-corrected chi connectivity index (χ3v) is 2.75. The minimum Gasteiger partial charge on any atom is -0.481 e. The first-order valence-electron chi connectivity index (χ1n) is 4.48. The normalized spacial score (nSPS) is 12.1. The summed E-state index contributed by atoms with van der Waals surface area (Å²) < 4.78 is 1.04.